The number of aromatic nitrogens is 4. The number of halogens is 2. The summed E-state index contributed by atoms with van der Waals surface area (Å²) in [4.78, 5) is 18.1. The van der Waals surface area contributed by atoms with E-state index in [9.17, 15) is 8.78 Å². The van der Waals surface area contributed by atoms with Gasteiger partial charge in [-0.3, -0.25) is 4.90 Å². The summed E-state index contributed by atoms with van der Waals surface area (Å²) in [7, 11) is 0. The van der Waals surface area contributed by atoms with Gasteiger partial charge < -0.3 is 4.98 Å². The van der Waals surface area contributed by atoms with Crippen molar-refractivity contribution < 1.29 is 8.78 Å². The van der Waals surface area contributed by atoms with E-state index in [4.69, 9.17) is 0 Å². The van der Waals surface area contributed by atoms with Crippen LogP contribution in [0.2, 0.25) is 0 Å². The molecule has 5 nitrogen and oxygen atoms in total. The Labute approximate surface area is 156 Å². The Morgan fingerprint density at radius 1 is 1.15 bits per heavy atom. The minimum absolute atomic E-state index is 0.350. The zero-order chi connectivity index (χ0) is 18.6. The summed E-state index contributed by atoms with van der Waals surface area (Å²) in [6.45, 7) is 2.17. The first kappa shape index (κ1) is 17.7. The molecule has 3 heterocycles. The first-order chi connectivity index (χ1) is 13.2. The van der Waals surface area contributed by atoms with Crippen molar-refractivity contribution in [2.45, 2.75) is 25.8 Å². The van der Waals surface area contributed by atoms with Crippen molar-refractivity contribution >= 4 is 0 Å². The predicted octanol–water partition coefficient (Wildman–Crippen LogP) is 3.60. The summed E-state index contributed by atoms with van der Waals surface area (Å²) in [5.41, 5.74) is 2.16. The van der Waals surface area contributed by atoms with E-state index >= 15 is 0 Å². The van der Waals surface area contributed by atoms with Crippen LogP contribution in [0, 0.1) is 17.6 Å². The lowest BCUT2D eigenvalue weighted by Gasteiger charge is -2.32. The van der Waals surface area contributed by atoms with Crippen molar-refractivity contribution in [3.8, 4) is 11.5 Å². The van der Waals surface area contributed by atoms with E-state index < -0.39 is 5.82 Å². The highest BCUT2D eigenvalue weighted by Gasteiger charge is 2.22. The molecule has 140 valence electrons. The molecule has 4 rings (SSSR count). The van der Waals surface area contributed by atoms with Crippen LogP contribution in [0.4, 0.5) is 8.78 Å². The van der Waals surface area contributed by atoms with Gasteiger partial charge in [-0.15, -0.1) is 0 Å². The normalized spacial score (nSPS) is 17.9. The molecule has 1 fully saturated rings. The second-order valence-corrected chi connectivity index (χ2v) is 7.02. The Kier molecular flexibility index (Phi) is 5.20. The fourth-order valence-electron chi connectivity index (χ4n) is 3.71. The van der Waals surface area contributed by atoms with E-state index in [1.54, 1.807) is 18.7 Å². The summed E-state index contributed by atoms with van der Waals surface area (Å²) in [5.74, 6) is 0.407. The maximum atomic E-state index is 13.9. The van der Waals surface area contributed by atoms with Crippen molar-refractivity contribution in [2.75, 3.05) is 13.1 Å². The summed E-state index contributed by atoms with van der Waals surface area (Å²) in [6.07, 6.45) is 8.00. The molecule has 0 bridgehead atoms. The molecule has 0 aliphatic carbocycles. The third-order valence-corrected chi connectivity index (χ3v) is 4.97. The lowest BCUT2D eigenvalue weighted by Crippen LogP contribution is -2.36. The van der Waals surface area contributed by atoms with Gasteiger partial charge in [0.05, 0.1) is 0 Å². The monoisotopic (exact) mass is 369 g/mol. The lowest BCUT2D eigenvalue weighted by molar-refractivity contribution is 0.164. The Morgan fingerprint density at radius 3 is 2.93 bits per heavy atom. The number of nitrogens with one attached hydrogen (secondary N) is 1. The van der Waals surface area contributed by atoms with Crippen LogP contribution < -0.4 is 0 Å². The number of nitrogens with zero attached hydrogens (tertiary/aromatic N) is 4. The lowest BCUT2D eigenvalue weighted by atomic mass is 9.92. The second-order valence-electron chi connectivity index (χ2n) is 7.02. The number of hydrogen-bond donors (Lipinski definition) is 1. The number of benzene rings is 1. The van der Waals surface area contributed by atoms with Crippen LogP contribution in [0.15, 0.2) is 43.0 Å². The molecule has 0 radical (unpaired) electrons. The minimum atomic E-state index is -0.397. The highest BCUT2D eigenvalue weighted by molar-refractivity contribution is 5.48. The van der Waals surface area contributed by atoms with E-state index in [2.05, 4.69) is 24.8 Å². The smallest absolute Gasteiger partial charge is 0.156 e. The summed E-state index contributed by atoms with van der Waals surface area (Å²) < 4.78 is 27.3. The summed E-state index contributed by atoms with van der Waals surface area (Å²) >= 11 is 0. The van der Waals surface area contributed by atoms with Crippen LogP contribution in [-0.4, -0.2) is 37.9 Å². The van der Waals surface area contributed by atoms with Gasteiger partial charge in [0.1, 0.15) is 23.7 Å². The molecular formula is C20H21F2N5. The van der Waals surface area contributed by atoms with Gasteiger partial charge in [0.25, 0.3) is 0 Å². The van der Waals surface area contributed by atoms with Gasteiger partial charge in [-0.05, 0) is 56.0 Å². The number of H-pyrrole nitrogens is 1. The highest BCUT2D eigenvalue weighted by Crippen LogP contribution is 2.23. The average Bonchev–Trinajstić information content (AvgIpc) is 3.20. The third kappa shape index (κ3) is 4.36. The standard InChI is InChI=1S/C20H21F2N5/c21-16-3-4-18(22)15(9-16)12-27-7-1-2-14(11-27)8-17-10-19(26-13-25-17)20-23-5-6-24-20/h3-6,9-10,13-14H,1-2,7-8,11-12H2,(H,23,24). The molecule has 3 aromatic rings. The van der Waals surface area contributed by atoms with E-state index in [0.717, 1.165) is 55.6 Å². The van der Waals surface area contributed by atoms with Crippen molar-refractivity contribution in [1.29, 1.82) is 0 Å². The number of piperidine rings is 1. The van der Waals surface area contributed by atoms with Crippen LogP contribution in [-0.2, 0) is 13.0 Å². The highest BCUT2D eigenvalue weighted by atomic mass is 19.1. The number of imidazole rings is 1. The molecule has 0 amide bonds. The summed E-state index contributed by atoms with van der Waals surface area (Å²) in [6, 6.07) is 5.61. The van der Waals surface area contributed by atoms with Gasteiger partial charge in [0.2, 0.25) is 0 Å². The zero-order valence-electron chi connectivity index (χ0n) is 14.9. The Morgan fingerprint density at radius 2 is 2.07 bits per heavy atom. The van der Waals surface area contributed by atoms with Crippen molar-refractivity contribution in [3.63, 3.8) is 0 Å². The summed E-state index contributed by atoms with van der Waals surface area (Å²) in [5, 5.41) is 0. The molecule has 1 N–H and O–H groups in total. The maximum absolute atomic E-state index is 13.9. The van der Waals surface area contributed by atoms with Gasteiger partial charge in [0.15, 0.2) is 5.82 Å². The molecule has 1 unspecified atom stereocenters. The van der Waals surface area contributed by atoms with Crippen molar-refractivity contribution in [2.24, 2.45) is 5.92 Å². The van der Waals surface area contributed by atoms with E-state index in [0.29, 0.717) is 18.0 Å². The number of aromatic amines is 1. The van der Waals surface area contributed by atoms with Gasteiger partial charge in [-0.1, -0.05) is 0 Å². The van der Waals surface area contributed by atoms with Crippen LogP contribution in [0.25, 0.3) is 11.5 Å². The minimum Gasteiger partial charge on any atom is -0.343 e. The Hall–Kier alpha value is -2.67. The molecule has 27 heavy (non-hydrogen) atoms. The molecule has 2 aromatic heterocycles. The van der Waals surface area contributed by atoms with Crippen LogP contribution in [0.1, 0.15) is 24.1 Å². The van der Waals surface area contributed by atoms with Crippen LogP contribution in [0.3, 0.4) is 0 Å². The fraction of sp³-hybridized carbons (Fsp3) is 0.350. The maximum Gasteiger partial charge on any atom is 0.156 e. The van der Waals surface area contributed by atoms with E-state index in [1.165, 1.54) is 12.1 Å². The molecular weight excluding hydrogens is 348 g/mol. The van der Waals surface area contributed by atoms with Gasteiger partial charge in [-0.2, -0.15) is 0 Å². The molecule has 1 aromatic carbocycles. The largest absolute Gasteiger partial charge is 0.343 e. The van der Waals surface area contributed by atoms with Gasteiger partial charge in [0, 0.05) is 36.7 Å². The van der Waals surface area contributed by atoms with Gasteiger partial charge in [-0.25, -0.2) is 23.7 Å². The predicted molar refractivity (Wildman–Crippen MR) is 97.7 cm³/mol. The molecule has 0 spiro atoms. The van der Waals surface area contributed by atoms with E-state index in [-0.39, 0.29) is 5.82 Å². The molecule has 1 saturated heterocycles. The molecule has 1 atom stereocenters. The molecule has 0 saturated carbocycles. The second kappa shape index (κ2) is 7.92. The van der Waals surface area contributed by atoms with Crippen molar-refractivity contribution in [3.05, 3.63) is 65.9 Å². The molecule has 1 aliphatic heterocycles. The fourth-order valence-corrected chi connectivity index (χ4v) is 3.71. The first-order valence-corrected chi connectivity index (χ1v) is 9.14. The topological polar surface area (TPSA) is 57.7 Å². The van der Waals surface area contributed by atoms with Crippen LogP contribution >= 0.6 is 0 Å². The Balaban J connectivity index is 1.41. The number of hydrogen-bond acceptors (Lipinski definition) is 4. The molecule has 7 heteroatoms. The molecule has 1 aliphatic rings. The zero-order valence-corrected chi connectivity index (χ0v) is 14.9. The number of likely N-dealkylation sites (tertiary alicyclic amines) is 1. The quantitative estimate of drug-likeness (QED) is 0.747. The SMILES string of the molecule is Fc1ccc(F)c(CN2CCCC(Cc3cc(-c4ncc[nH]4)ncn3)C2)c1. The first-order valence-electron chi connectivity index (χ1n) is 9.14. The van der Waals surface area contributed by atoms with Gasteiger partial charge >= 0.3 is 0 Å². The average molecular weight is 369 g/mol. The number of rotatable bonds is 5. The van der Waals surface area contributed by atoms with Crippen molar-refractivity contribution in [1.82, 2.24) is 24.8 Å². The van der Waals surface area contributed by atoms with Crippen LogP contribution in [0.5, 0.6) is 0 Å². The third-order valence-electron chi connectivity index (χ3n) is 4.97. The Bertz CT molecular complexity index is 897. The van der Waals surface area contributed by atoms with E-state index in [1.807, 2.05) is 6.07 Å².